The van der Waals surface area contributed by atoms with E-state index in [4.69, 9.17) is 14.2 Å². The molecule has 244 valence electrons. The number of methoxy groups -OCH3 is 1. The van der Waals surface area contributed by atoms with Crippen molar-refractivity contribution in [2.24, 2.45) is 0 Å². The second-order valence-corrected chi connectivity index (χ2v) is 12.6. The Labute approximate surface area is 268 Å². The summed E-state index contributed by atoms with van der Waals surface area (Å²) in [4.78, 5) is 33.0. The number of halogens is 3. The third kappa shape index (κ3) is 4.99. The molecular weight excluding hydrogens is 613 g/mol. The Morgan fingerprint density at radius 3 is 2.60 bits per heavy atom. The molecule has 8 rings (SSSR count). The number of fused-ring (bicyclic) bond motifs is 4. The zero-order valence-corrected chi connectivity index (χ0v) is 25.8. The van der Waals surface area contributed by atoms with Crippen LogP contribution in [0.2, 0.25) is 0 Å². The van der Waals surface area contributed by atoms with Gasteiger partial charge in [0, 0.05) is 61.5 Å². The van der Waals surface area contributed by atoms with E-state index >= 15 is 4.39 Å². The van der Waals surface area contributed by atoms with Crippen molar-refractivity contribution in [2.75, 3.05) is 64.6 Å². The number of pyridine rings is 1. The molecule has 4 aromatic rings. The van der Waals surface area contributed by atoms with Crippen molar-refractivity contribution in [1.29, 1.82) is 0 Å². The van der Waals surface area contributed by atoms with E-state index in [1.54, 1.807) is 18.2 Å². The predicted molar refractivity (Wildman–Crippen MR) is 168 cm³/mol. The van der Waals surface area contributed by atoms with E-state index in [0.717, 1.165) is 32.1 Å². The molecule has 0 radical (unpaired) electrons. The molecule has 4 aliphatic heterocycles. The van der Waals surface area contributed by atoms with Crippen molar-refractivity contribution < 1.29 is 32.2 Å². The van der Waals surface area contributed by atoms with E-state index in [1.165, 1.54) is 25.4 Å². The lowest BCUT2D eigenvalue weighted by Crippen LogP contribution is -2.72. The van der Waals surface area contributed by atoms with Crippen LogP contribution in [-0.2, 0) is 14.3 Å². The van der Waals surface area contributed by atoms with Gasteiger partial charge >= 0.3 is 6.01 Å². The minimum absolute atomic E-state index is 0.0591. The third-order valence-corrected chi connectivity index (χ3v) is 9.94. The molecule has 4 fully saturated rings. The van der Waals surface area contributed by atoms with Gasteiger partial charge in [0.2, 0.25) is 5.91 Å². The molecule has 2 aromatic heterocycles. The number of morpholine rings is 1. The van der Waals surface area contributed by atoms with Crippen LogP contribution in [0.15, 0.2) is 48.7 Å². The van der Waals surface area contributed by atoms with Crippen LogP contribution in [0.5, 0.6) is 6.01 Å². The molecule has 4 aliphatic rings. The van der Waals surface area contributed by atoms with Gasteiger partial charge in [-0.1, -0.05) is 30.3 Å². The number of amides is 1. The summed E-state index contributed by atoms with van der Waals surface area (Å²) in [7, 11) is 1.39. The summed E-state index contributed by atoms with van der Waals surface area (Å²) in [5.41, 5.74) is -0.720. The molecule has 0 N–H and O–H groups in total. The highest BCUT2D eigenvalue weighted by Gasteiger charge is 2.50. The van der Waals surface area contributed by atoms with E-state index in [0.29, 0.717) is 68.1 Å². The van der Waals surface area contributed by atoms with E-state index in [-0.39, 0.29) is 34.1 Å². The van der Waals surface area contributed by atoms with Crippen LogP contribution in [0.4, 0.5) is 19.0 Å². The number of aromatic nitrogens is 3. The Hall–Kier alpha value is -4.33. The molecule has 1 amide bonds. The number of carbonyl (C=O) groups is 1. The first-order valence-corrected chi connectivity index (χ1v) is 15.8. The van der Waals surface area contributed by atoms with Gasteiger partial charge in [-0.15, -0.1) is 0 Å². The van der Waals surface area contributed by atoms with E-state index in [9.17, 15) is 13.6 Å². The summed E-state index contributed by atoms with van der Waals surface area (Å²) in [5, 5.41) is 0.667. The Bertz CT molecular complexity index is 1900. The predicted octanol–water partition coefficient (Wildman–Crippen LogP) is 4.11. The average Bonchev–Trinajstić information content (AvgIpc) is 3.28. The number of benzene rings is 2. The minimum Gasteiger partial charge on any atom is -0.467 e. The van der Waals surface area contributed by atoms with Crippen LogP contribution < -0.4 is 9.64 Å². The van der Waals surface area contributed by atoms with Gasteiger partial charge in [-0.3, -0.25) is 14.7 Å². The van der Waals surface area contributed by atoms with Crippen molar-refractivity contribution in [2.45, 2.75) is 30.5 Å². The highest BCUT2D eigenvalue weighted by Crippen LogP contribution is 2.38. The molecule has 1 spiro atoms. The molecule has 0 unspecified atom stereocenters. The number of anilines is 1. The van der Waals surface area contributed by atoms with Crippen LogP contribution in [0.3, 0.4) is 0 Å². The third-order valence-electron chi connectivity index (χ3n) is 9.94. The monoisotopic (exact) mass is 646 g/mol. The van der Waals surface area contributed by atoms with Crippen LogP contribution in [0.1, 0.15) is 12.8 Å². The quantitative estimate of drug-likeness (QED) is 0.287. The van der Waals surface area contributed by atoms with Gasteiger partial charge in [0.05, 0.1) is 38.9 Å². The molecule has 0 aliphatic carbocycles. The number of piperazine rings is 1. The lowest BCUT2D eigenvalue weighted by molar-refractivity contribution is -0.164. The Morgan fingerprint density at radius 1 is 1.04 bits per heavy atom. The van der Waals surface area contributed by atoms with Crippen molar-refractivity contribution >= 4 is 33.4 Å². The second kappa shape index (κ2) is 11.7. The Morgan fingerprint density at radius 2 is 1.85 bits per heavy atom. The average molecular weight is 647 g/mol. The summed E-state index contributed by atoms with van der Waals surface area (Å²) in [6.07, 6.45) is 7.31. The van der Waals surface area contributed by atoms with Gasteiger partial charge in [-0.2, -0.15) is 9.97 Å². The van der Waals surface area contributed by atoms with Crippen molar-refractivity contribution in [3.8, 4) is 17.3 Å². The molecule has 47 heavy (non-hydrogen) atoms. The van der Waals surface area contributed by atoms with Crippen LogP contribution in [-0.4, -0.2) is 108 Å². The van der Waals surface area contributed by atoms with Crippen molar-refractivity contribution in [3.63, 3.8) is 0 Å². The second-order valence-electron chi connectivity index (χ2n) is 12.6. The number of hydrogen-bond acceptors (Lipinski definition) is 9. The van der Waals surface area contributed by atoms with Gasteiger partial charge in [-0.25, -0.2) is 13.2 Å². The van der Waals surface area contributed by atoms with Crippen molar-refractivity contribution in [1.82, 2.24) is 24.8 Å². The van der Waals surface area contributed by atoms with Crippen molar-refractivity contribution in [3.05, 3.63) is 66.1 Å². The Kier molecular flexibility index (Phi) is 7.49. The van der Waals surface area contributed by atoms with Gasteiger partial charge < -0.3 is 24.0 Å². The maximum absolute atomic E-state index is 16.3. The molecule has 6 heterocycles. The van der Waals surface area contributed by atoms with E-state index < -0.39 is 23.0 Å². The highest BCUT2D eigenvalue weighted by molar-refractivity contribution is 5.99. The van der Waals surface area contributed by atoms with Gasteiger partial charge in [0.25, 0.3) is 0 Å². The summed E-state index contributed by atoms with van der Waals surface area (Å²) < 4.78 is 62.2. The summed E-state index contributed by atoms with van der Waals surface area (Å²) >= 11 is 0. The fourth-order valence-electron chi connectivity index (χ4n) is 7.51. The molecule has 13 heteroatoms. The Balaban J connectivity index is 1.09. The molecular formula is C34H33F3N6O4. The maximum Gasteiger partial charge on any atom is 0.318 e. The van der Waals surface area contributed by atoms with E-state index in [1.807, 2.05) is 15.9 Å². The highest BCUT2D eigenvalue weighted by atomic mass is 19.2. The first kappa shape index (κ1) is 30.0. The van der Waals surface area contributed by atoms with Crippen LogP contribution in [0, 0.1) is 17.5 Å². The lowest BCUT2D eigenvalue weighted by atomic mass is 9.91. The molecule has 0 saturated carbocycles. The number of nitrogens with zero attached hydrogens (tertiary/aromatic N) is 6. The standard InChI is InChI=1S/C34H33F3N6O4/c1-45-33-39-31-24(14-38-30(29(31)37)23-5-2-4-20-7-10-25(35)28(36)27(20)23)32(40-33)41-12-13-43(34(17-41)18-47-19-34)26(44)6-3-11-42-21-8-9-22(42)16-46-15-21/h2-7,10,14,21-22H,8-9,11-13,15-19H2,1H3/b6-3+/t21-,22+. The molecule has 2 aromatic carbocycles. The summed E-state index contributed by atoms with van der Waals surface area (Å²) in [5.74, 6) is -2.60. The largest absolute Gasteiger partial charge is 0.467 e. The first-order valence-electron chi connectivity index (χ1n) is 15.8. The topological polar surface area (TPSA) is 93.2 Å². The maximum atomic E-state index is 16.3. The molecule has 10 nitrogen and oxygen atoms in total. The van der Waals surface area contributed by atoms with E-state index in [2.05, 4.69) is 19.9 Å². The minimum atomic E-state index is -1.08. The number of ether oxygens (including phenoxy) is 3. The van der Waals surface area contributed by atoms with Crippen LogP contribution >= 0.6 is 0 Å². The van der Waals surface area contributed by atoms with Gasteiger partial charge in [0.1, 0.15) is 22.6 Å². The van der Waals surface area contributed by atoms with Gasteiger partial charge in [0.15, 0.2) is 17.5 Å². The van der Waals surface area contributed by atoms with Crippen LogP contribution in [0.25, 0.3) is 32.9 Å². The smallest absolute Gasteiger partial charge is 0.318 e. The zero-order chi connectivity index (χ0) is 32.3. The normalized spacial score (nSPS) is 22.5. The zero-order valence-electron chi connectivity index (χ0n) is 25.8. The molecule has 4 saturated heterocycles. The molecule has 2 atom stereocenters. The summed E-state index contributed by atoms with van der Waals surface area (Å²) in [6.45, 7) is 4.12. The number of carbonyl (C=O) groups excluding carboxylic acids is 1. The lowest BCUT2D eigenvalue weighted by Gasteiger charge is -2.55. The van der Waals surface area contributed by atoms with Gasteiger partial charge in [-0.05, 0) is 24.3 Å². The fraction of sp³-hybridized carbons (Fsp3) is 0.412. The SMILES string of the molecule is COc1nc(N2CCN(C(=O)/C=C/CN3[C@@H]4CC[C@H]3COC4)C3(COC3)C2)c2cnc(-c3cccc4ccc(F)c(F)c34)c(F)c2n1. The summed E-state index contributed by atoms with van der Waals surface area (Å²) in [6, 6.07) is 7.99. The molecule has 2 bridgehead atoms. The number of hydrogen-bond donors (Lipinski definition) is 0. The number of rotatable bonds is 6. The fourth-order valence-corrected chi connectivity index (χ4v) is 7.51. The first-order chi connectivity index (χ1) is 22.9.